The van der Waals surface area contributed by atoms with E-state index >= 15 is 0 Å². The van der Waals surface area contributed by atoms with Crippen molar-refractivity contribution in [1.82, 2.24) is 4.31 Å². The lowest BCUT2D eigenvalue weighted by molar-refractivity contribution is 0.508. The molecule has 1 aromatic rings. The van der Waals surface area contributed by atoms with Crippen LogP contribution in [-0.2, 0) is 14.8 Å². The minimum absolute atomic E-state index is 0.432. The normalized spacial score (nSPS) is 13.8. The van der Waals surface area contributed by atoms with Crippen molar-refractivity contribution in [3.05, 3.63) is 35.9 Å². The maximum atomic E-state index is 11.7. The van der Waals surface area contributed by atoms with Crippen molar-refractivity contribution >= 4 is 16.3 Å². The van der Waals surface area contributed by atoms with E-state index in [-0.39, 0.29) is 0 Å². The fourth-order valence-electron chi connectivity index (χ4n) is 1.14. The molecule has 1 radical (unpaired) electrons. The van der Waals surface area contributed by atoms with Gasteiger partial charge < -0.3 is 0 Å². The van der Waals surface area contributed by atoms with Gasteiger partial charge in [-0.05, 0) is 5.56 Å². The first kappa shape index (κ1) is 11.9. The minimum Gasteiger partial charge on any atom is -0.289 e. The molecule has 0 aliphatic heterocycles. The van der Waals surface area contributed by atoms with E-state index in [4.69, 9.17) is 0 Å². The molecule has 0 N–H and O–H groups in total. The van der Waals surface area contributed by atoms with Gasteiger partial charge in [0, 0.05) is 14.1 Å². The Morgan fingerprint density at radius 1 is 1.20 bits per heavy atom. The van der Waals surface area contributed by atoms with Crippen LogP contribution in [-0.4, -0.2) is 33.1 Å². The first-order chi connectivity index (χ1) is 7.00. The zero-order valence-electron chi connectivity index (χ0n) is 8.54. The van der Waals surface area contributed by atoms with E-state index in [1.807, 2.05) is 0 Å². The standard InChI is InChI=1S/C10H12NO3S/c1-11(2)15(13,14)10(8-12)9-6-4-3-5-7-9/h3-7,10H,1-2H3. The maximum absolute atomic E-state index is 11.7. The van der Waals surface area contributed by atoms with Crippen molar-refractivity contribution in [2.24, 2.45) is 0 Å². The Hall–Kier alpha value is -1.20. The summed E-state index contributed by atoms with van der Waals surface area (Å²) in [6, 6.07) is 8.32. The summed E-state index contributed by atoms with van der Waals surface area (Å²) in [5.41, 5.74) is 0.432. The lowest BCUT2D eigenvalue weighted by Gasteiger charge is -2.16. The molecule has 0 saturated heterocycles. The Labute approximate surface area is 89.6 Å². The summed E-state index contributed by atoms with van der Waals surface area (Å²) in [7, 11) is -0.849. The second kappa shape index (κ2) is 4.55. The van der Waals surface area contributed by atoms with Gasteiger partial charge in [0.25, 0.3) is 0 Å². The molecule has 15 heavy (non-hydrogen) atoms. The Morgan fingerprint density at radius 3 is 2.13 bits per heavy atom. The number of benzene rings is 1. The average Bonchev–Trinajstić information content (AvgIpc) is 2.19. The number of rotatable bonds is 4. The highest BCUT2D eigenvalue weighted by Crippen LogP contribution is 2.21. The summed E-state index contributed by atoms with van der Waals surface area (Å²) in [5, 5.41) is -1.24. The molecule has 4 nitrogen and oxygen atoms in total. The Morgan fingerprint density at radius 2 is 1.73 bits per heavy atom. The van der Waals surface area contributed by atoms with Crippen LogP contribution in [0.4, 0.5) is 0 Å². The minimum atomic E-state index is -3.63. The van der Waals surface area contributed by atoms with Crippen LogP contribution in [0.1, 0.15) is 10.8 Å². The third-order valence-electron chi connectivity index (χ3n) is 2.02. The lowest BCUT2D eigenvalue weighted by atomic mass is 10.2. The van der Waals surface area contributed by atoms with Gasteiger partial charge in [0.2, 0.25) is 16.3 Å². The topological polar surface area (TPSA) is 54.5 Å². The summed E-state index contributed by atoms with van der Waals surface area (Å²) in [5.74, 6) is 0. The van der Waals surface area contributed by atoms with Gasteiger partial charge >= 0.3 is 0 Å². The van der Waals surface area contributed by atoms with E-state index in [9.17, 15) is 13.2 Å². The second-order valence-corrected chi connectivity index (χ2v) is 5.47. The molecule has 0 bridgehead atoms. The molecular formula is C10H12NO3S. The molecule has 0 aliphatic carbocycles. The van der Waals surface area contributed by atoms with Crippen molar-refractivity contribution in [1.29, 1.82) is 0 Å². The van der Waals surface area contributed by atoms with Crippen molar-refractivity contribution in [3.8, 4) is 0 Å². The fourth-order valence-corrected chi connectivity index (χ4v) is 2.18. The monoisotopic (exact) mass is 226 g/mol. The molecule has 1 unspecified atom stereocenters. The quantitative estimate of drug-likeness (QED) is 0.760. The van der Waals surface area contributed by atoms with Crippen molar-refractivity contribution < 1.29 is 13.2 Å². The van der Waals surface area contributed by atoms with Crippen LogP contribution in [0.3, 0.4) is 0 Å². The van der Waals surface area contributed by atoms with Crippen LogP contribution in [0.25, 0.3) is 0 Å². The number of hydrogen-bond acceptors (Lipinski definition) is 3. The molecule has 0 amide bonds. The van der Waals surface area contributed by atoms with Gasteiger partial charge in [-0.25, -0.2) is 12.7 Å². The van der Waals surface area contributed by atoms with Gasteiger partial charge in [-0.3, -0.25) is 4.79 Å². The van der Waals surface area contributed by atoms with E-state index in [0.29, 0.717) is 5.56 Å². The molecule has 0 saturated carbocycles. The SMILES string of the molecule is CN(C)S(=O)(=O)C([C]=O)c1ccccc1. The lowest BCUT2D eigenvalue weighted by Crippen LogP contribution is -2.29. The van der Waals surface area contributed by atoms with Gasteiger partial charge in [0.15, 0.2) is 5.25 Å². The third kappa shape index (κ3) is 2.43. The highest BCUT2D eigenvalue weighted by molar-refractivity contribution is 7.90. The number of nitrogens with zero attached hydrogens (tertiary/aromatic N) is 1. The highest BCUT2D eigenvalue weighted by Gasteiger charge is 2.29. The first-order valence-electron chi connectivity index (χ1n) is 4.34. The summed E-state index contributed by atoms with van der Waals surface area (Å²) < 4.78 is 24.5. The molecule has 0 fully saturated rings. The Bertz CT molecular complexity index is 425. The van der Waals surface area contributed by atoms with Crippen molar-refractivity contribution in [2.75, 3.05) is 14.1 Å². The summed E-state index contributed by atoms with van der Waals surface area (Å²) >= 11 is 0. The van der Waals surface area contributed by atoms with Crippen LogP contribution in [0.15, 0.2) is 30.3 Å². The van der Waals surface area contributed by atoms with Crippen LogP contribution in [0.2, 0.25) is 0 Å². The second-order valence-electron chi connectivity index (χ2n) is 3.24. The average molecular weight is 226 g/mol. The zero-order valence-corrected chi connectivity index (χ0v) is 9.36. The third-order valence-corrected chi connectivity index (χ3v) is 4.00. The van der Waals surface area contributed by atoms with Crippen molar-refractivity contribution in [2.45, 2.75) is 5.25 Å². The molecule has 0 spiro atoms. The van der Waals surface area contributed by atoms with Crippen molar-refractivity contribution in [3.63, 3.8) is 0 Å². The van der Waals surface area contributed by atoms with Gasteiger partial charge in [-0.1, -0.05) is 30.3 Å². The molecule has 1 atom stereocenters. The highest BCUT2D eigenvalue weighted by atomic mass is 32.2. The van der Waals surface area contributed by atoms with Gasteiger partial charge in [-0.15, -0.1) is 0 Å². The fraction of sp³-hybridized carbons (Fsp3) is 0.300. The smallest absolute Gasteiger partial charge is 0.228 e. The predicted octanol–water partition coefficient (Wildman–Crippen LogP) is 0.729. The van der Waals surface area contributed by atoms with E-state index in [1.165, 1.54) is 14.1 Å². The zero-order chi connectivity index (χ0) is 11.5. The number of sulfonamides is 1. The van der Waals surface area contributed by atoms with E-state index < -0.39 is 15.3 Å². The summed E-state index contributed by atoms with van der Waals surface area (Å²) in [6.07, 6.45) is 1.56. The molecule has 5 heteroatoms. The summed E-state index contributed by atoms with van der Waals surface area (Å²) in [6.45, 7) is 0. The molecule has 81 valence electrons. The molecular weight excluding hydrogens is 214 g/mol. The maximum Gasteiger partial charge on any atom is 0.228 e. The van der Waals surface area contributed by atoms with Gasteiger partial charge in [-0.2, -0.15) is 0 Å². The largest absolute Gasteiger partial charge is 0.289 e. The first-order valence-corrected chi connectivity index (χ1v) is 5.84. The van der Waals surface area contributed by atoms with Gasteiger partial charge in [0.05, 0.1) is 0 Å². The van der Waals surface area contributed by atoms with E-state index in [2.05, 4.69) is 0 Å². The molecule has 0 heterocycles. The number of hydrogen-bond donors (Lipinski definition) is 0. The van der Waals surface area contributed by atoms with E-state index in [0.717, 1.165) is 4.31 Å². The van der Waals surface area contributed by atoms with Crippen LogP contribution >= 0.6 is 0 Å². The van der Waals surface area contributed by atoms with Crippen LogP contribution in [0, 0.1) is 0 Å². The predicted molar refractivity (Wildman–Crippen MR) is 57.5 cm³/mol. The molecule has 0 aliphatic rings. The Balaban J connectivity index is 3.17. The summed E-state index contributed by atoms with van der Waals surface area (Å²) in [4.78, 5) is 10.7. The van der Waals surface area contributed by atoms with Crippen LogP contribution in [0.5, 0.6) is 0 Å². The molecule has 0 aromatic heterocycles. The Kier molecular flexibility index (Phi) is 3.60. The molecule has 1 rings (SSSR count). The number of carbonyl (C=O) groups excluding carboxylic acids is 1. The molecule has 1 aromatic carbocycles. The van der Waals surface area contributed by atoms with E-state index in [1.54, 1.807) is 36.6 Å². The van der Waals surface area contributed by atoms with Crippen LogP contribution < -0.4 is 0 Å². The van der Waals surface area contributed by atoms with Gasteiger partial charge in [0.1, 0.15) is 0 Å².